The van der Waals surface area contributed by atoms with Gasteiger partial charge in [-0.05, 0) is 24.6 Å². The van der Waals surface area contributed by atoms with Gasteiger partial charge in [0, 0.05) is 24.4 Å². The minimum Gasteiger partial charge on any atom is -0.394 e. The van der Waals surface area contributed by atoms with Crippen LogP contribution < -0.4 is 15.6 Å². The first-order valence-corrected chi connectivity index (χ1v) is 6.65. The van der Waals surface area contributed by atoms with Gasteiger partial charge in [0.15, 0.2) is 18.2 Å². The minimum absolute atomic E-state index is 0.698. The lowest BCUT2D eigenvalue weighted by Gasteiger charge is -2.03. The number of nitrogens with zero attached hydrogens (tertiary/aromatic N) is 3. The highest BCUT2D eigenvalue weighted by molar-refractivity contribution is 5.80. The molecule has 0 saturated heterocycles. The van der Waals surface area contributed by atoms with Crippen LogP contribution in [-0.2, 0) is 13.5 Å². The zero-order chi connectivity index (χ0) is 13.9. The van der Waals surface area contributed by atoms with Gasteiger partial charge < -0.3 is 11.1 Å². The largest absolute Gasteiger partial charge is 0.394 e. The monoisotopic (exact) mass is 268 g/mol. The van der Waals surface area contributed by atoms with E-state index in [2.05, 4.69) is 33.3 Å². The summed E-state index contributed by atoms with van der Waals surface area (Å²) in [5.74, 6) is 0.747. The van der Waals surface area contributed by atoms with E-state index in [-0.39, 0.29) is 0 Å². The lowest BCUT2D eigenvalue weighted by Crippen LogP contribution is -2.27. The molecule has 3 N–H and O–H groups in total. The average Bonchev–Trinajstić information content (AvgIpc) is 2.76. The molecule has 0 atom stereocenters. The van der Waals surface area contributed by atoms with E-state index >= 15 is 0 Å². The van der Waals surface area contributed by atoms with Crippen LogP contribution >= 0.6 is 0 Å². The Hall–Kier alpha value is -2.56. The Labute approximate surface area is 117 Å². The molecule has 0 aliphatic heterocycles. The van der Waals surface area contributed by atoms with Crippen LogP contribution in [0.15, 0.2) is 48.9 Å². The third-order valence-corrected chi connectivity index (χ3v) is 3.29. The van der Waals surface area contributed by atoms with Crippen molar-refractivity contribution in [2.75, 3.05) is 17.6 Å². The summed E-state index contributed by atoms with van der Waals surface area (Å²) in [5, 5.41) is 7.74. The number of pyridine rings is 2. The first kappa shape index (κ1) is 12.5. The van der Waals surface area contributed by atoms with E-state index in [1.165, 1.54) is 5.56 Å². The molecule has 3 rings (SSSR count). The van der Waals surface area contributed by atoms with Crippen molar-refractivity contribution in [2.24, 2.45) is 7.05 Å². The third-order valence-electron chi connectivity index (χ3n) is 3.29. The summed E-state index contributed by atoms with van der Waals surface area (Å²) in [5.41, 5.74) is 9.00. The van der Waals surface area contributed by atoms with Crippen molar-refractivity contribution in [1.82, 2.24) is 9.61 Å². The molecular formula is C15H18N5+. The van der Waals surface area contributed by atoms with Gasteiger partial charge in [-0.1, -0.05) is 6.07 Å². The number of fused-ring (bicyclic) bond motifs is 1. The molecule has 0 radical (unpaired) electrons. The van der Waals surface area contributed by atoms with Crippen molar-refractivity contribution in [2.45, 2.75) is 6.42 Å². The Balaban J connectivity index is 1.69. The Kier molecular flexibility index (Phi) is 3.25. The Morgan fingerprint density at radius 1 is 1.30 bits per heavy atom. The number of nitrogens with one attached hydrogen (secondary N) is 1. The Morgan fingerprint density at radius 3 is 3.00 bits per heavy atom. The highest BCUT2D eigenvalue weighted by Gasteiger charge is 2.08. The van der Waals surface area contributed by atoms with Crippen LogP contribution in [0, 0.1) is 0 Å². The van der Waals surface area contributed by atoms with Gasteiger partial charge in [0.2, 0.25) is 0 Å². The topological polar surface area (TPSA) is 59.2 Å². The second kappa shape index (κ2) is 5.21. The lowest BCUT2D eigenvalue weighted by molar-refractivity contribution is -0.671. The van der Waals surface area contributed by atoms with Crippen LogP contribution in [0.4, 0.5) is 11.5 Å². The van der Waals surface area contributed by atoms with E-state index in [1.54, 1.807) is 4.52 Å². The van der Waals surface area contributed by atoms with Crippen LogP contribution in [0.1, 0.15) is 5.56 Å². The molecule has 3 aromatic heterocycles. The molecule has 3 heterocycles. The van der Waals surface area contributed by atoms with Crippen molar-refractivity contribution in [1.29, 1.82) is 0 Å². The second-order valence-corrected chi connectivity index (χ2v) is 4.85. The van der Waals surface area contributed by atoms with Gasteiger partial charge in [-0.2, -0.15) is 0 Å². The summed E-state index contributed by atoms with van der Waals surface area (Å²) >= 11 is 0. The fraction of sp³-hybridized carbons (Fsp3) is 0.200. The average molecular weight is 268 g/mol. The Morgan fingerprint density at radius 2 is 2.20 bits per heavy atom. The molecule has 0 unspecified atom stereocenters. The zero-order valence-electron chi connectivity index (χ0n) is 11.5. The molecule has 5 nitrogen and oxygen atoms in total. The van der Waals surface area contributed by atoms with Gasteiger partial charge >= 0.3 is 0 Å². The molecule has 0 amide bonds. The molecule has 3 aromatic rings. The molecule has 0 saturated carbocycles. The normalized spacial score (nSPS) is 10.8. The van der Waals surface area contributed by atoms with Crippen LogP contribution in [-0.4, -0.2) is 16.2 Å². The molecular weight excluding hydrogens is 250 g/mol. The van der Waals surface area contributed by atoms with Gasteiger partial charge in [-0.15, -0.1) is 5.10 Å². The fourth-order valence-electron chi connectivity index (χ4n) is 2.27. The summed E-state index contributed by atoms with van der Waals surface area (Å²) < 4.78 is 3.84. The molecule has 0 aliphatic carbocycles. The van der Waals surface area contributed by atoms with Crippen LogP contribution in [0.3, 0.4) is 0 Å². The number of rotatable bonds is 4. The van der Waals surface area contributed by atoms with Gasteiger partial charge in [0.05, 0.1) is 5.52 Å². The highest BCUT2D eigenvalue weighted by Crippen LogP contribution is 2.22. The van der Waals surface area contributed by atoms with Crippen LogP contribution in [0.5, 0.6) is 0 Å². The smallest absolute Gasteiger partial charge is 0.172 e. The molecule has 20 heavy (non-hydrogen) atoms. The predicted octanol–water partition coefficient (Wildman–Crippen LogP) is 1.40. The first-order chi connectivity index (χ1) is 9.74. The highest BCUT2D eigenvalue weighted by atomic mass is 15.3. The zero-order valence-corrected chi connectivity index (χ0v) is 11.5. The van der Waals surface area contributed by atoms with Crippen LogP contribution in [0.25, 0.3) is 5.52 Å². The summed E-state index contributed by atoms with van der Waals surface area (Å²) in [6.07, 6.45) is 6.97. The summed E-state index contributed by atoms with van der Waals surface area (Å²) in [7, 11) is 2.02. The molecule has 0 aromatic carbocycles. The molecule has 0 bridgehead atoms. The van der Waals surface area contributed by atoms with Crippen LogP contribution in [0.2, 0.25) is 0 Å². The lowest BCUT2D eigenvalue weighted by atomic mass is 10.2. The summed E-state index contributed by atoms with van der Waals surface area (Å²) in [4.78, 5) is 0. The fourth-order valence-corrected chi connectivity index (χ4v) is 2.27. The van der Waals surface area contributed by atoms with E-state index in [0.717, 1.165) is 24.3 Å². The number of nitrogens with two attached hydrogens (primary N) is 1. The van der Waals surface area contributed by atoms with Crippen molar-refractivity contribution in [3.05, 3.63) is 54.5 Å². The maximum absolute atomic E-state index is 6.09. The van der Waals surface area contributed by atoms with Gasteiger partial charge in [0.25, 0.3) is 0 Å². The van der Waals surface area contributed by atoms with E-state index in [9.17, 15) is 0 Å². The summed E-state index contributed by atoms with van der Waals surface area (Å²) in [6, 6.07) is 10.0. The quantitative estimate of drug-likeness (QED) is 0.703. The standard InChI is InChI=1S/C15H18N5/c1-19-9-4-5-12(11-19)7-8-17-15-14(16)13-6-2-3-10-20(13)18-15/h2-6,9-11H,7-8,16H2,1H3,(H,17,18)/q+1. The van der Waals surface area contributed by atoms with Gasteiger partial charge in [-0.25, -0.2) is 9.08 Å². The molecule has 5 heteroatoms. The predicted molar refractivity (Wildman–Crippen MR) is 79.4 cm³/mol. The van der Waals surface area contributed by atoms with E-state index in [1.807, 2.05) is 37.6 Å². The molecule has 102 valence electrons. The van der Waals surface area contributed by atoms with Crippen molar-refractivity contribution in [3.8, 4) is 0 Å². The third kappa shape index (κ3) is 2.42. The molecule has 0 aliphatic rings. The number of anilines is 2. The molecule has 0 fully saturated rings. The molecule has 0 spiro atoms. The van der Waals surface area contributed by atoms with E-state index in [0.29, 0.717) is 5.69 Å². The Bertz CT molecular complexity index is 732. The SMILES string of the molecule is C[n+]1cccc(CCNc2nn3ccccc3c2N)c1. The number of aryl methyl sites for hydroxylation is 1. The first-order valence-electron chi connectivity index (χ1n) is 6.65. The number of hydrogen-bond acceptors (Lipinski definition) is 3. The van der Waals surface area contributed by atoms with Gasteiger partial charge in [0.1, 0.15) is 12.7 Å². The number of aromatic nitrogens is 3. The second-order valence-electron chi connectivity index (χ2n) is 4.85. The minimum atomic E-state index is 0.698. The van der Waals surface area contributed by atoms with Crippen molar-refractivity contribution >= 4 is 17.0 Å². The maximum Gasteiger partial charge on any atom is 0.172 e. The van der Waals surface area contributed by atoms with Gasteiger partial charge in [-0.3, -0.25) is 0 Å². The van der Waals surface area contributed by atoms with E-state index in [4.69, 9.17) is 5.73 Å². The summed E-state index contributed by atoms with van der Waals surface area (Å²) in [6.45, 7) is 0.804. The van der Waals surface area contributed by atoms with Crippen molar-refractivity contribution < 1.29 is 4.57 Å². The number of hydrogen-bond donors (Lipinski definition) is 2. The van der Waals surface area contributed by atoms with E-state index < -0.39 is 0 Å². The van der Waals surface area contributed by atoms with Crippen molar-refractivity contribution in [3.63, 3.8) is 0 Å². The number of nitrogen functional groups attached to an aromatic ring is 1. The maximum atomic E-state index is 6.09.